The average molecular weight is 94.0 g/mol. The number of rotatable bonds is 2. The van der Waals surface area contributed by atoms with E-state index in [1.54, 1.807) is 0 Å². The van der Waals surface area contributed by atoms with Crippen molar-refractivity contribution in [2.24, 2.45) is 0 Å². The van der Waals surface area contributed by atoms with E-state index in [-0.39, 0.29) is 0 Å². The van der Waals surface area contributed by atoms with Crippen LogP contribution in [0, 0.1) is 0 Å². The third-order valence-corrected chi connectivity index (χ3v) is 1.75. The van der Waals surface area contributed by atoms with Crippen LogP contribution >= 0.6 is 0 Å². The van der Waals surface area contributed by atoms with Gasteiger partial charge in [0.2, 0.25) is 0 Å². The largest absolute Gasteiger partial charge is 0.139 e. The molecule has 0 spiro atoms. The SMILES string of the molecule is C=CCC1CB1C. The van der Waals surface area contributed by atoms with Crippen LogP contribution < -0.4 is 0 Å². The summed E-state index contributed by atoms with van der Waals surface area (Å²) in [5.74, 6) is 0.998. The fourth-order valence-electron chi connectivity index (χ4n) is 0.942. The van der Waals surface area contributed by atoms with Crippen LogP contribution in [-0.4, -0.2) is 6.71 Å². The monoisotopic (exact) mass is 94.1 g/mol. The third kappa shape index (κ3) is 1.08. The first-order chi connectivity index (χ1) is 3.34. The molecule has 0 radical (unpaired) electrons. The van der Waals surface area contributed by atoms with Gasteiger partial charge in [-0.1, -0.05) is 25.0 Å². The molecule has 0 N–H and O–H groups in total. The molecule has 0 aromatic heterocycles. The molecule has 1 heteroatoms. The molecule has 1 aliphatic heterocycles. The van der Waals surface area contributed by atoms with Crippen molar-refractivity contribution in [2.75, 3.05) is 0 Å². The second-order valence-electron chi connectivity index (χ2n) is 2.50. The van der Waals surface area contributed by atoms with Gasteiger partial charge in [0.25, 0.3) is 0 Å². The summed E-state index contributed by atoms with van der Waals surface area (Å²) in [5.41, 5.74) is 0. The summed E-state index contributed by atoms with van der Waals surface area (Å²) in [6, 6.07) is 0. The second-order valence-corrected chi connectivity index (χ2v) is 2.50. The fraction of sp³-hybridized carbons (Fsp3) is 0.667. The summed E-state index contributed by atoms with van der Waals surface area (Å²) < 4.78 is 0. The lowest BCUT2D eigenvalue weighted by molar-refractivity contribution is 1.05. The van der Waals surface area contributed by atoms with E-state index in [2.05, 4.69) is 13.4 Å². The van der Waals surface area contributed by atoms with Gasteiger partial charge in [0.1, 0.15) is 6.71 Å². The van der Waals surface area contributed by atoms with Crippen LogP contribution in [0.25, 0.3) is 0 Å². The molecule has 7 heavy (non-hydrogen) atoms. The van der Waals surface area contributed by atoms with E-state index in [0.29, 0.717) is 0 Å². The maximum Gasteiger partial charge on any atom is 0.139 e. The zero-order chi connectivity index (χ0) is 5.28. The van der Waals surface area contributed by atoms with Gasteiger partial charge in [0.15, 0.2) is 0 Å². The second kappa shape index (κ2) is 1.73. The molecule has 0 bridgehead atoms. The quantitative estimate of drug-likeness (QED) is 0.363. The summed E-state index contributed by atoms with van der Waals surface area (Å²) in [6.45, 7) is 6.97. The molecule has 38 valence electrons. The maximum atomic E-state index is 3.68. The van der Waals surface area contributed by atoms with Crippen LogP contribution in [0.1, 0.15) is 6.42 Å². The molecule has 0 nitrogen and oxygen atoms in total. The Balaban J connectivity index is 2.08. The zero-order valence-electron chi connectivity index (χ0n) is 4.85. The minimum absolute atomic E-state index is 0.998. The smallest absolute Gasteiger partial charge is 0.103 e. The molecule has 0 amide bonds. The van der Waals surface area contributed by atoms with Gasteiger partial charge < -0.3 is 0 Å². The molecule has 0 saturated carbocycles. The van der Waals surface area contributed by atoms with Crippen molar-refractivity contribution in [3.63, 3.8) is 0 Å². The van der Waals surface area contributed by atoms with Crippen molar-refractivity contribution in [3.05, 3.63) is 12.7 Å². The van der Waals surface area contributed by atoms with Gasteiger partial charge >= 0.3 is 0 Å². The van der Waals surface area contributed by atoms with Gasteiger partial charge in [-0.3, -0.25) is 0 Å². The topological polar surface area (TPSA) is 0 Å². The Bertz CT molecular complexity index is 78.2. The Hall–Kier alpha value is -0.195. The molecular weight excluding hydrogens is 82.9 g/mol. The molecule has 1 atom stereocenters. The van der Waals surface area contributed by atoms with Crippen molar-refractivity contribution < 1.29 is 0 Å². The summed E-state index contributed by atoms with van der Waals surface area (Å²) in [6.07, 6.45) is 4.70. The highest BCUT2D eigenvalue weighted by molar-refractivity contribution is 6.70. The summed E-state index contributed by atoms with van der Waals surface area (Å²) in [5, 5.41) is 0. The van der Waals surface area contributed by atoms with Crippen molar-refractivity contribution in [2.45, 2.75) is 25.4 Å². The molecule has 1 aliphatic rings. The minimum Gasteiger partial charge on any atom is -0.103 e. The predicted octanol–water partition coefficient (Wildman–Crippen LogP) is 2.07. The zero-order valence-corrected chi connectivity index (χ0v) is 4.85. The molecule has 0 aliphatic carbocycles. The summed E-state index contributed by atoms with van der Waals surface area (Å²) in [4.78, 5) is 0. The van der Waals surface area contributed by atoms with Crippen LogP contribution in [0.4, 0.5) is 0 Å². The summed E-state index contributed by atoms with van der Waals surface area (Å²) in [7, 11) is 0. The molecular formula is C6H11B. The minimum atomic E-state index is 0.998. The first kappa shape index (κ1) is 4.95. The first-order valence-corrected chi connectivity index (χ1v) is 2.95. The standard InChI is InChI=1S/C6H11B/c1-3-4-6-5-7(6)2/h3,6H,1,4-5H2,2H3. The van der Waals surface area contributed by atoms with Crippen molar-refractivity contribution in [3.8, 4) is 0 Å². The lowest BCUT2D eigenvalue weighted by Gasteiger charge is -1.81. The lowest BCUT2D eigenvalue weighted by Crippen LogP contribution is -1.75. The molecule has 1 heterocycles. The molecule has 1 rings (SSSR count). The first-order valence-electron chi connectivity index (χ1n) is 2.95. The van der Waals surface area contributed by atoms with Crippen molar-refractivity contribution in [1.82, 2.24) is 0 Å². The summed E-state index contributed by atoms with van der Waals surface area (Å²) >= 11 is 0. The Morgan fingerprint density at radius 3 is 2.71 bits per heavy atom. The molecule has 1 fully saturated rings. The third-order valence-electron chi connectivity index (χ3n) is 1.75. The highest BCUT2D eigenvalue weighted by atomic mass is 14.1. The van der Waals surface area contributed by atoms with E-state index >= 15 is 0 Å². The van der Waals surface area contributed by atoms with Crippen LogP contribution in [-0.2, 0) is 0 Å². The van der Waals surface area contributed by atoms with Gasteiger partial charge in [-0.05, 0) is 6.42 Å². The Kier molecular flexibility index (Phi) is 1.22. The average Bonchev–Trinajstić information content (AvgIpc) is 2.22. The van der Waals surface area contributed by atoms with Gasteiger partial charge in [0, 0.05) is 0 Å². The van der Waals surface area contributed by atoms with E-state index < -0.39 is 0 Å². The fourth-order valence-corrected chi connectivity index (χ4v) is 0.942. The van der Waals surface area contributed by atoms with Gasteiger partial charge in [0.05, 0.1) is 0 Å². The van der Waals surface area contributed by atoms with E-state index in [1.807, 2.05) is 6.08 Å². The molecule has 1 unspecified atom stereocenters. The Morgan fingerprint density at radius 2 is 2.57 bits per heavy atom. The number of hydrogen-bond donors (Lipinski definition) is 0. The van der Waals surface area contributed by atoms with Gasteiger partial charge in [-0.25, -0.2) is 0 Å². The maximum absolute atomic E-state index is 3.68. The van der Waals surface area contributed by atoms with E-state index in [0.717, 1.165) is 12.5 Å². The van der Waals surface area contributed by atoms with E-state index in [9.17, 15) is 0 Å². The lowest BCUT2D eigenvalue weighted by atomic mass is 9.70. The Labute approximate surface area is 45.7 Å². The van der Waals surface area contributed by atoms with Crippen LogP contribution in [0.2, 0.25) is 19.0 Å². The normalized spacial score (nSPS) is 27.6. The number of allylic oxidation sites excluding steroid dienone is 1. The van der Waals surface area contributed by atoms with Gasteiger partial charge in [-0.2, -0.15) is 0 Å². The highest BCUT2D eigenvalue weighted by Gasteiger charge is 2.34. The van der Waals surface area contributed by atoms with Crippen LogP contribution in [0.5, 0.6) is 0 Å². The number of hydrogen-bond acceptors (Lipinski definition) is 0. The molecule has 0 aromatic carbocycles. The predicted molar refractivity (Wildman–Crippen MR) is 35.0 cm³/mol. The van der Waals surface area contributed by atoms with Gasteiger partial charge in [-0.15, -0.1) is 6.58 Å². The van der Waals surface area contributed by atoms with Crippen molar-refractivity contribution >= 4 is 6.71 Å². The van der Waals surface area contributed by atoms with Crippen LogP contribution in [0.3, 0.4) is 0 Å². The highest BCUT2D eigenvalue weighted by Crippen LogP contribution is 2.39. The van der Waals surface area contributed by atoms with E-state index in [1.165, 1.54) is 12.7 Å². The van der Waals surface area contributed by atoms with Crippen LogP contribution in [0.15, 0.2) is 12.7 Å². The molecule has 1 saturated heterocycles. The Morgan fingerprint density at radius 1 is 2.00 bits per heavy atom. The van der Waals surface area contributed by atoms with E-state index in [4.69, 9.17) is 0 Å². The molecule has 0 aromatic rings. The van der Waals surface area contributed by atoms with Crippen molar-refractivity contribution in [1.29, 1.82) is 0 Å².